The third kappa shape index (κ3) is 258. The van der Waals surface area contributed by atoms with E-state index >= 15 is 0 Å². The molecule has 0 bridgehead atoms. The van der Waals surface area contributed by atoms with Gasteiger partial charge in [-0.3, -0.25) is 0 Å². The number of hydrogen-bond acceptors (Lipinski definition) is 4. The SMILES string of the molecule is CC.CC.CC.CC.CC.CC.CC.CC.CC.CC.CC.CC.CC(C)(C)/C=C\C=C/C(C)(C)C.CC(C)(C)CCCCC(C)(C)C.CC(C)(C)CCOCC(C)(C)C.CC(C)(C)CCOCC(C)(C)C.CN(CCC(C)(C)C)CC(C)(C)C.CN(CCC(C)(C)C)CC(C)(C)C. The summed E-state index contributed by atoms with van der Waals surface area (Å²) in [6.45, 7) is 138. The fourth-order valence-corrected chi connectivity index (χ4v) is 6.34. The van der Waals surface area contributed by atoms with Gasteiger partial charge in [-0.15, -0.1) is 0 Å². The number of allylic oxidation sites excluding steroid dienone is 4. The zero-order valence-corrected chi connectivity index (χ0v) is 83.3. The van der Waals surface area contributed by atoms with Crippen molar-refractivity contribution in [2.75, 3.05) is 66.7 Å². The van der Waals surface area contributed by atoms with Crippen molar-refractivity contribution in [1.29, 1.82) is 0 Å². The third-order valence-electron chi connectivity index (χ3n) is 10.4. The standard InChI is InChI=1S/2C12H27N.C12H26.C12H22.2C11H24O.12C2H6/c2*1-11(2,3)8-9-13(7)10-12(4,5)6;2*1-11(2,3)9-7-8-10-12(4,5)6;2*1-10(2,3)7-8-12-9-11(4,5)6;12*1-2/h2*8-10H2,1-7H3;7-10H2,1-6H3;7-10H,1-6H3;2*7-9H2,1-6H3;12*1-2H3/b;;;9-7-,10-8-;;;;;;;;;;;;;;. The second-order valence-electron chi connectivity index (χ2n) is 36.8. The number of hydrogen-bond donors (Lipinski definition) is 0. The highest BCUT2D eigenvalue weighted by Gasteiger charge is 2.19. The summed E-state index contributed by atoms with van der Waals surface area (Å²) in [5.74, 6) is 0. The number of unbranched alkanes of at least 4 members (excludes halogenated alkanes) is 1. The van der Waals surface area contributed by atoms with E-state index in [0.29, 0.717) is 65.0 Å². The summed E-state index contributed by atoms with van der Waals surface area (Å²) in [7, 11) is 4.44. The molecule has 0 saturated heterocycles. The zero-order chi connectivity index (χ0) is 84.7. The maximum Gasteiger partial charge on any atom is 0.0514 e. The summed E-state index contributed by atoms with van der Waals surface area (Å²) in [5, 5.41) is 0. The molecule has 0 aromatic rings. The fraction of sp³-hybridized carbons (Fsp3) is 0.957. The molecule has 0 unspecified atom stereocenters. The number of ether oxygens (including phenoxy) is 2. The Bertz CT molecular complexity index is 1150. The molecular formula is C94H222N2O2. The van der Waals surface area contributed by atoms with Crippen LogP contribution in [-0.2, 0) is 9.47 Å². The molecule has 0 aromatic heterocycles. The van der Waals surface area contributed by atoms with Crippen LogP contribution in [0.15, 0.2) is 24.3 Å². The monoisotopic (exact) mass is 1410 g/mol. The lowest BCUT2D eigenvalue weighted by Gasteiger charge is -2.29. The first kappa shape index (κ1) is 144. The van der Waals surface area contributed by atoms with E-state index in [2.05, 4.69) is 297 Å². The molecule has 620 valence electrons. The lowest BCUT2D eigenvalue weighted by atomic mass is 9.85. The van der Waals surface area contributed by atoms with Crippen LogP contribution in [0.4, 0.5) is 0 Å². The molecule has 0 aliphatic carbocycles. The van der Waals surface area contributed by atoms with E-state index in [1.54, 1.807) is 0 Å². The Hall–Kier alpha value is -0.680. The van der Waals surface area contributed by atoms with Crippen LogP contribution in [0, 0.1) is 65.0 Å². The van der Waals surface area contributed by atoms with Gasteiger partial charge in [0.15, 0.2) is 0 Å². The quantitative estimate of drug-likeness (QED) is 0.114. The Morgan fingerprint density at radius 1 is 0.214 bits per heavy atom. The van der Waals surface area contributed by atoms with Crippen molar-refractivity contribution in [3.05, 3.63) is 24.3 Å². The highest BCUT2D eigenvalue weighted by molar-refractivity contribution is 5.08. The molecular weight excluding hydrogens is 1190 g/mol. The molecule has 0 fully saturated rings. The second kappa shape index (κ2) is 88.7. The number of rotatable bonds is 16. The summed E-state index contributed by atoms with van der Waals surface area (Å²) < 4.78 is 11.1. The highest BCUT2D eigenvalue weighted by atomic mass is 16.5. The molecule has 0 saturated carbocycles. The van der Waals surface area contributed by atoms with E-state index in [1.165, 1.54) is 64.7 Å². The van der Waals surface area contributed by atoms with E-state index in [0.717, 1.165) is 39.3 Å². The van der Waals surface area contributed by atoms with Crippen molar-refractivity contribution < 1.29 is 9.47 Å². The van der Waals surface area contributed by atoms with Gasteiger partial charge in [-0.2, -0.15) is 0 Å². The molecule has 0 aromatic carbocycles. The van der Waals surface area contributed by atoms with Crippen LogP contribution < -0.4 is 0 Å². The van der Waals surface area contributed by atoms with Crippen LogP contribution in [0.5, 0.6) is 0 Å². The van der Waals surface area contributed by atoms with Crippen LogP contribution in [0.1, 0.15) is 467 Å². The van der Waals surface area contributed by atoms with Crippen molar-refractivity contribution in [2.24, 2.45) is 65.0 Å². The van der Waals surface area contributed by atoms with E-state index < -0.39 is 0 Å². The average molecular weight is 1410 g/mol. The Balaban J connectivity index is -0.0000000459. The fourth-order valence-electron chi connectivity index (χ4n) is 6.34. The van der Waals surface area contributed by atoms with Gasteiger partial charge in [-0.1, -0.05) is 453 Å². The Morgan fingerprint density at radius 3 is 0.500 bits per heavy atom. The first-order valence-electron chi connectivity index (χ1n) is 41.9. The first-order chi connectivity index (χ1) is 44.0. The van der Waals surface area contributed by atoms with Crippen LogP contribution in [-0.4, -0.2) is 76.5 Å². The topological polar surface area (TPSA) is 24.9 Å². The summed E-state index contributed by atoms with van der Waals surface area (Å²) in [6.07, 6.45) is 19.0. The van der Waals surface area contributed by atoms with E-state index in [9.17, 15) is 0 Å². The van der Waals surface area contributed by atoms with Crippen molar-refractivity contribution >= 4 is 0 Å². The molecule has 0 aliphatic rings. The van der Waals surface area contributed by atoms with Crippen LogP contribution in [0.25, 0.3) is 0 Å². The van der Waals surface area contributed by atoms with Crippen molar-refractivity contribution in [3.63, 3.8) is 0 Å². The molecule has 0 heterocycles. The lowest BCUT2D eigenvalue weighted by molar-refractivity contribution is 0.0555. The number of nitrogens with zero attached hydrogens (tertiary/aromatic N) is 2. The van der Waals surface area contributed by atoms with Crippen molar-refractivity contribution in [2.45, 2.75) is 467 Å². The molecule has 4 heteroatoms. The zero-order valence-electron chi connectivity index (χ0n) is 83.3. The van der Waals surface area contributed by atoms with Crippen molar-refractivity contribution in [1.82, 2.24) is 9.80 Å². The Labute approximate surface area is 638 Å². The molecule has 0 N–H and O–H groups in total. The largest absolute Gasteiger partial charge is 0.381 e. The molecule has 0 amide bonds. The molecule has 0 spiro atoms. The smallest absolute Gasteiger partial charge is 0.0514 e. The highest BCUT2D eigenvalue weighted by Crippen LogP contribution is 2.28. The van der Waals surface area contributed by atoms with Gasteiger partial charge in [0.1, 0.15) is 0 Å². The first-order valence-corrected chi connectivity index (χ1v) is 41.9. The van der Waals surface area contributed by atoms with Gasteiger partial charge in [0, 0.05) is 26.3 Å². The summed E-state index contributed by atoms with van der Waals surface area (Å²) >= 11 is 0. The van der Waals surface area contributed by atoms with Gasteiger partial charge in [0.25, 0.3) is 0 Å². The van der Waals surface area contributed by atoms with E-state index in [-0.39, 0.29) is 0 Å². The summed E-state index contributed by atoms with van der Waals surface area (Å²) in [5.41, 5.74) is 4.82. The molecule has 0 aliphatic heterocycles. The maximum atomic E-state index is 5.57. The molecule has 0 atom stereocenters. The predicted molar refractivity (Wildman–Crippen MR) is 481 cm³/mol. The molecule has 98 heavy (non-hydrogen) atoms. The summed E-state index contributed by atoms with van der Waals surface area (Å²) in [6, 6.07) is 0. The van der Waals surface area contributed by atoms with Gasteiger partial charge >= 0.3 is 0 Å². The average Bonchev–Trinajstić information content (AvgIpc) is 1.22. The summed E-state index contributed by atoms with van der Waals surface area (Å²) in [4.78, 5) is 4.87. The van der Waals surface area contributed by atoms with E-state index in [1.807, 2.05) is 166 Å². The predicted octanol–water partition coefficient (Wildman–Crippen LogP) is 34.9. The molecule has 0 rings (SSSR count). The molecule has 4 nitrogen and oxygen atoms in total. The minimum Gasteiger partial charge on any atom is -0.381 e. The van der Waals surface area contributed by atoms with Crippen LogP contribution in [0.3, 0.4) is 0 Å². The molecule has 0 radical (unpaired) electrons. The van der Waals surface area contributed by atoms with Gasteiger partial charge in [-0.25, -0.2) is 0 Å². The van der Waals surface area contributed by atoms with Gasteiger partial charge in [-0.05, 0) is 131 Å². The van der Waals surface area contributed by atoms with Gasteiger partial charge < -0.3 is 19.3 Å². The van der Waals surface area contributed by atoms with Crippen LogP contribution in [0.2, 0.25) is 0 Å². The van der Waals surface area contributed by atoms with Gasteiger partial charge in [0.2, 0.25) is 0 Å². The normalized spacial score (nSPS) is 11.2. The second-order valence-corrected chi connectivity index (χ2v) is 36.8. The van der Waals surface area contributed by atoms with E-state index in [4.69, 9.17) is 9.47 Å². The minimum atomic E-state index is 0.294. The Morgan fingerprint density at radius 2 is 0.378 bits per heavy atom. The third-order valence-corrected chi connectivity index (χ3v) is 10.4. The van der Waals surface area contributed by atoms with Crippen molar-refractivity contribution in [3.8, 4) is 0 Å². The van der Waals surface area contributed by atoms with Crippen LogP contribution >= 0.6 is 0 Å². The Kier molecular flexibility index (Phi) is 130. The minimum absolute atomic E-state index is 0.294. The lowest BCUT2D eigenvalue weighted by Crippen LogP contribution is -2.31. The maximum absolute atomic E-state index is 5.57. The van der Waals surface area contributed by atoms with Gasteiger partial charge in [0.05, 0.1) is 13.2 Å².